The summed E-state index contributed by atoms with van der Waals surface area (Å²) in [7, 11) is 0. The van der Waals surface area contributed by atoms with E-state index in [-0.39, 0.29) is 30.4 Å². The zero-order chi connectivity index (χ0) is 19.0. The Morgan fingerprint density at radius 3 is 2.36 bits per heavy atom. The van der Waals surface area contributed by atoms with Gasteiger partial charge in [-0.15, -0.1) is 0 Å². The summed E-state index contributed by atoms with van der Waals surface area (Å²) in [6.07, 6.45) is 0.831. The first kappa shape index (κ1) is 21.2. The van der Waals surface area contributed by atoms with Crippen LogP contribution < -0.4 is 10.6 Å². The Balaban J connectivity index is 2.61. The molecule has 0 aliphatic carbocycles. The zero-order valence-corrected chi connectivity index (χ0v) is 16.3. The molecule has 5 heteroatoms. The van der Waals surface area contributed by atoms with Crippen molar-refractivity contribution in [2.45, 2.75) is 60.0 Å². The molecule has 1 aromatic carbocycles. The number of aryl methyl sites for hydroxylation is 2. The Kier molecular flexibility index (Phi) is 8.62. The molecule has 3 atom stereocenters. The Morgan fingerprint density at radius 2 is 1.80 bits per heavy atom. The van der Waals surface area contributed by atoms with Gasteiger partial charge in [0.1, 0.15) is 6.04 Å². The number of ether oxygens (including phenoxy) is 1. The lowest BCUT2D eigenvalue weighted by Gasteiger charge is -2.23. The molecule has 0 saturated heterocycles. The van der Waals surface area contributed by atoms with Crippen molar-refractivity contribution in [2.24, 2.45) is 5.92 Å². The van der Waals surface area contributed by atoms with Gasteiger partial charge in [-0.05, 0) is 50.3 Å². The lowest BCUT2D eigenvalue weighted by atomic mass is 9.99. The SMILES string of the molecule is CCOC(=O)[C@H](NCC(=O)N[C@@H](C)c1ccc(C)c(C)c1)[C@H](C)CC. The second kappa shape index (κ2) is 10.2. The monoisotopic (exact) mass is 348 g/mol. The first-order valence-corrected chi connectivity index (χ1v) is 9.06. The summed E-state index contributed by atoms with van der Waals surface area (Å²) in [4.78, 5) is 24.3. The lowest BCUT2D eigenvalue weighted by Crippen LogP contribution is -2.47. The van der Waals surface area contributed by atoms with E-state index in [1.807, 2.05) is 26.8 Å². The highest BCUT2D eigenvalue weighted by molar-refractivity contribution is 5.81. The maximum absolute atomic E-state index is 12.2. The molecule has 5 nitrogen and oxygen atoms in total. The number of carbonyl (C=O) groups is 2. The fraction of sp³-hybridized carbons (Fsp3) is 0.600. The summed E-state index contributed by atoms with van der Waals surface area (Å²) < 4.78 is 5.10. The molecule has 0 saturated carbocycles. The van der Waals surface area contributed by atoms with E-state index in [2.05, 4.69) is 36.6 Å². The lowest BCUT2D eigenvalue weighted by molar-refractivity contribution is -0.147. The van der Waals surface area contributed by atoms with Gasteiger partial charge in [0.25, 0.3) is 0 Å². The average Bonchev–Trinajstić information content (AvgIpc) is 2.57. The number of benzene rings is 1. The summed E-state index contributed by atoms with van der Waals surface area (Å²) in [5.41, 5.74) is 3.51. The molecule has 2 N–H and O–H groups in total. The smallest absolute Gasteiger partial charge is 0.323 e. The molecular weight excluding hydrogens is 316 g/mol. The van der Waals surface area contributed by atoms with Crippen LogP contribution in [0.5, 0.6) is 0 Å². The van der Waals surface area contributed by atoms with Crippen molar-refractivity contribution < 1.29 is 14.3 Å². The number of amides is 1. The highest BCUT2D eigenvalue weighted by Gasteiger charge is 2.25. The molecule has 1 amide bonds. The fourth-order valence-corrected chi connectivity index (χ4v) is 2.60. The van der Waals surface area contributed by atoms with Crippen molar-refractivity contribution in [1.29, 1.82) is 0 Å². The third kappa shape index (κ3) is 6.50. The van der Waals surface area contributed by atoms with Crippen LogP contribution in [0.25, 0.3) is 0 Å². The van der Waals surface area contributed by atoms with Crippen molar-refractivity contribution in [3.05, 3.63) is 34.9 Å². The van der Waals surface area contributed by atoms with Gasteiger partial charge >= 0.3 is 5.97 Å². The van der Waals surface area contributed by atoms with Gasteiger partial charge in [-0.2, -0.15) is 0 Å². The minimum atomic E-state index is -0.465. The molecule has 0 bridgehead atoms. The van der Waals surface area contributed by atoms with Crippen LogP contribution in [0.4, 0.5) is 0 Å². The summed E-state index contributed by atoms with van der Waals surface area (Å²) >= 11 is 0. The molecule has 0 unspecified atom stereocenters. The van der Waals surface area contributed by atoms with E-state index in [9.17, 15) is 9.59 Å². The third-order valence-electron chi connectivity index (χ3n) is 4.64. The summed E-state index contributed by atoms with van der Waals surface area (Å²) in [5, 5.41) is 6.02. The number of esters is 1. The number of hydrogen-bond donors (Lipinski definition) is 2. The molecule has 0 heterocycles. The molecule has 1 aromatic rings. The molecule has 1 rings (SSSR count). The predicted molar refractivity (Wildman–Crippen MR) is 100 cm³/mol. The Bertz CT molecular complexity index is 586. The molecule has 0 fully saturated rings. The summed E-state index contributed by atoms with van der Waals surface area (Å²) in [6.45, 7) is 12.3. The van der Waals surface area contributed by atoms with Gasteiger partial charge in [0.2, 0.25) is 5.91 Å². The second-order valence-corrected chi connectivity index (χ2v) is 6.63. The van der Waals surface area contributed by atoms with Crippen molar-refractivity contribution in [1.82, 2.24) is 10.6 Å². The van der Waals surface area contributed by atoms with E-state index in [1.165, 1.54) is 11.1 Å². The van der Waals surface area contributed by atoms with E-state index in [0.717, 1.165) is 12.0 Å². The molecule has 0 aliphatic rings. The molecule has 0 radical (unpaired) electrons. The quantitative estimate of drug-likeness (QED) is 0.673. The van der Waals surface area contributed by atoms with Gasteiger partial charge in [-0.1, -0.05) is 38.5 Å². The van der Waals surface area contributed by atoms with Crippen LogP contribution in [0.2, 0.25) is 0 Å². The van der Waals surface area contributed by atoms with Gasteiger partial charge in [0.05, 0.1) is 19.2 Å². The molecule has 0 spiro atoms. The molecule has 0 aromatic heterocycles. The van der Waals surface area contributed by atoms with Gasteiger partial charge in [-0.25, -0.2) is 0 Å². The molecule has 0 aliphatic heterocycles. The minimum Gasteiger partial charge on any atom is -0.465 e. The summed E-state index contributed by atoms with van der Waals surface area (Å²) in [6, 6.07) is 5.63. The van der Waals surface area contributed by atoms with Crippen molar-refractivity contribution in [2.75, 3.05) is 13.2 Å². The van der Waals surface area contributed by atoms with Gasteiger partial charge in [0.15, 0.2) is 0 Å². The first-order chi connectivity index (χ1) is 11.8. The van der Waals surface area contributed by atoms with Crippen LogP contribution in [0.1, 0.15) is 56.8 Å². The van der Waals surface area contributed by atoms with Gasteiger partial charge in [-0.3, -0.25) is 14.9 Å². The largest absolute Gasteiger partial charge is 0.465 e. The number of carbonyl (C=O) groups excluding carboxylic acids is 2. The topological polar surface area (TPSA) is 67.4 Å². The zero-order valence-electron chi connectivity index (χ0n) is 16.3. The number of rotatable bonds is 9. The first-order valence-electron chi connectivity index (χ1n) is 9.06. The standard InChI is InChI=1S/C20H32N2O3/c1-7-13(3)19(20(24)25-8-2)21-12-18(23)22-16(6)17-10-9-14(4)15(5)11-17/h9-11,13,16,19,21H,7-8,12H2,1-6H3,(H,22,23)/t13-,16+,19-/m1/s1. The van der Waals surface area contributed by atoms with E-state index < -0.39 is 6.04 Å². The van der Waals surface area contributed by atoms with Crippen molar-refractivity contribution >= 4 is 11.9 Å². The second-order valence-electron chi connectivity index (χ2n) is 6.63. The van der Waals surface area contributed by atoms with E-state index in [0.29, 0.717) is 6.61 Å². The van der Waals surface area contributed by atoms with Gasteiger partial charge < -0.3 is 10.1 Å². The fourth-order valence-electron chi connectivity index (χ4n) is 2.60. The minimum absolute atomic E-state index is 0.0850. The number of nitrogens with one attached hydrogen (secondary N) is 2. The maximum Gasteiger partial charge on any atom is 0.323 e. The van der Waals surface area contributed by atoms with Crippen LogP contribution in [0, 0.1) is 19.8 Å². The van der Waals surface area contributed by atoms with Crippen molar-refractivity contribution in [3.63, 3.8) is 0 Å². The molecule has 140 valence electrons. The van der Waals surface area contributed by atoms with Crippen LogP contribution >= 0.6 is 0 Å². The Morgan fingerprint density at radius 1 is 1.12 bits per heavy atom. The normalized spacial score (nSPS) is 14.5. The van der Waals surface area contributed by atoms with Crippen LogP contribution in [0.15, 0.2) is 18.2 Å². The van der Waals surface area contributed by atoms with E-state index in [1.54, 1.807) is 6.92 Å². The Labute approximate surface area is 151 Å². The summed E-state index contributed by atoms with van der Waals surface area (Å²) in [5.74, 6) is -0.334. The van der Waals surface area contributed by atoms with E-state index >= 15 is 0 Å². The average molecular weight is 348 g/mol. The van der Waals surface area contributed by atoms with Crippen LogP contribution in [0.3, 0.4) is 0 Å². The van der Waals surface area contributed by atoms with Crippen LogP contribution in [-0.4, -0.2) is 31.1 Å². The Hall–Kier alpha value is -1.88. The highest BCUT2D eigenvalue weighted by atomic mass is 16.5. The molecule has 25 heavy (non-hydrogen) atoms. The maximum atomic E-state index is 12.2. The van der Waals surface area contributed by atoms with E-state index in [4.69, 9.17) is 4.74 Å². The van der Waals surface area contributed by atoms with Crippen molar-refractivity contribution in [3.8, 4) is 0 Å². The van der Waals surface area contributed by atoms with Gasteiger partial charge in [0, 0.05) is 0 Å². The predicted octanol–water partition coefficient (Wildman–Crippen LogP) is 3.05. The highest BCUT2D eigenvalue weighted by Crippen LogP contribution is 2.16. The number of hydrogen-bond acceptors (Lipinski definition) is 4. The molecular formula is C20H32N2O3. The third-order valence-corrected chi connectivity index (χ3v) is 4.64. The van der Waals surface area contributed by atoms with Crippen LogP contribution in [-0.2, 0) is 14.3 Å².